The lowest BCUT2D eigenvalue weighted by molar-refractivity contribution is -0.142. The van der Waals surface area contributed by atoms with Gasteiger partial charge in [-0.1, -0.05) is 12.2 Å². The Balaban J connectivity index is 2.32. The van der Waals surface area contributed by atoms with Crippen molar-refractivity contribution >= 4 is 18.0 Å². The predicted molar refractivity (Wildman–Crippen MR) is 68.9 cm³/mol. The van der Waals surface area contributed by atoms with Gasteiger partial charge in [0.15, 0.2) is 0 Å². The fraction of sp³-hybridized carbons (Fsp3) is 0.615. The van der Waals surface area contributed by atoms with Gasteiger partial charge in [-0.05, 0) is 13.3 Å². The van der Waals surface area contributed by atoms with Crippen LogP contribution >= 0.6 is 0 Å². The molecule has 2 N–H and O–H groups in total. The predicted octanol–water partition coefficient (Wildman–Crippen LogP) is 0.361. The summed E-state index contributed by atoms with van der Waals surface area (Å²) >= 11 is 0. The highest BCUT2D eigenvalue weighted by Crippen LogP contribution is 2.36. The number of hydrogen-bond donors (Lipinski definition) is 2. The molecule has 2 saturated heterocycles. The Hall–Kier alpha value is -2.05. The molecule has 4 atom stereocenters. The quantitative estimate of drug-likeness (QED) is 0.729. The van der Waals surface area contributed by atoms with Crippen molar-refractivity contribution in [2.75, 3.05) is 6.61 Å². The fourth-order valence-electron chi connectivity index (χ4n) is 3.05. The summed E-state index contributed by atoms with van der Waals surface area (Å²) < 4.78 is 5.00. The topological polar surface area (TPSA) is 95.9 Å². The van der Waals surface area contributed by atoms with E-state index < -0.39 is 24.1 Å². The molecule has 2 amide bonds. The molecule has 2 aliphatic rings. The SMILES string of the molecule is C/C=C\[C@@H]1C[C@H](C(=O)O)N2C(=O)OC[C@H](NC(C)=O)[C@@H]12. The van der Waals surface area contributed by atoms with Crippen LogP contribution in [0.4, 0.5) is 4.79 Å². The third-order valence-corrected chi connectivity index (χ3v) is 3.71. The Morgan fingerprint density at radius 1 is 1.50 bits per heavy atom. The van der Waals surface area contributed by atoms with Crippen LogP contribution in [0, 0.1) is 5.92 Å². The van der Waals surface area contributed by atoms with E-state index in [1.165, 1.54) is 11.8 Å². The summed E-state index contributed by atoms with van der Waals surface area (Å²) in [6.07, 6.45) is 3.41. The lowest BCUT2D eigenvalue weighted by Gasteiger charge is -2.39. The van der Waals surface area contributed by atoms with Gasteiger partial charge < -0.3 is 15.2 Å². The molecule has 0 aliphatic carbocycles. The van der Waals surface area contributed by atoms with Crippen LogP contribution in [0.5, 0.6) is 0 Å². The molecule has 2 aliphatic heterocycles. The molecule has 0 unspecified atom stereocenters. The van der Waals surface area contributed by atoms with E-state index >= 15 is 0 Å². The van der Waals surface area contributed by atoms with Crippen LogP contribution in [0.25, 0.3) is 0 Å². The zero-order valence-electron chi connectivity index (χ0n) is 11.4. The standard InChI is InChI=1S/C13H18N2O5/c1-3-4-8-5-10(12(17)18)15-11(8)9(14-7(2)16)6-20-13(15)19/h3-4,8-11H,5-6H2,1-2H3,(H,14,16)(H,17,18)/b4-3-/t8-,9+,10-,11-/m1/s1. The first-order valence-corrected chi connectivity index (χ1v) is 6.53. The van der Waals surface area contributed by atoms with E-state index in [1.54, 1.807) is 0 Å². The number of aliphatic carboxylic acids is 1. The van der Waals surface area contributed by atoms with Gasteiger partial charge >= 0.3 is 12.1 Å². The van der Waals surface area contributed by atoms with Crippen molar-refractivity contribution in [3.05, 3.63) is 12.2 Å². The van der Waals surface area contributed by atoms with Crippen LogP contribution in [-0.2, 0) is 14.3 Å². The average Bonchev–Trinajstić information content (AvgIpc) is 2.74. The number of hydrogen-bond acceptors (Lipinski definition) is 4. The molecule has 0 aromatic rings. The Morgan fingerprint density at radius 2 is 2.20 bits per heavy atom. The fourth-order valence-corrected chi connectivity index (χ4v) is 3.05. The molecule has 0 saturated carbocycles. The molecule has 7 nitrogen and oxygen atoms in total. The minimum atomic E-state index is -1.05. The van der Waals surface area contributed by atoms with Crippen LogP contribution in [0.3, 0.4) is 0 Å². The second kappa shape index (κ2) is 5.52. The third-order valence-electron chi connectivity index (χ3n) is 3.71. The maximum Gasteiger partial charge on any atom is 0.410 e. The molecule has 2 heterocycles. The summed E-state index contributed by atoms with van der Waals surface area (Å²) in [6.45, 7) is 3.29. The van der Waals surface area contributed by atoms with Gasteiger partial charge in [-0.2, -0.15) is 0 Å². The molecule has 0 aromatic carbocycles. The molecular formula is C13H18N2O5. The van der Waals surface area contributed by atoms with Crippen LogP contribution in [-0.4, -0.2) is 52.7 Å². The number of fused-ring (bicyclic) bond motifs is 1. The summed E-state index contributed by atoms with van der Waals surface area (Å²) in [6, 6.07) is -1.68. The van der Waals surface area contributed by atoms with Gasteiger partial charge in [0.2, 0.25) is 5.91 Å². The van der Waals surface area contributed by atoms with E-state index in [1.807, 2.05) is 19.1 Å². The van der Waals surface area contributed by atoms with E-state index in [0.29, 0.717) is 6.42 Å². The first-order valence-electron chi connectivity index (χ1n) is 6.53. The number of nitrogens with one attached hydrogen (secondary N) is 1. The summed E-state index contributed by atoms with van der Waals surface area (Å²) in [5.41, 5.74) is 0. The maximum atomic E-state index is 11.9. The van der Waals surface area contributed by atoms with E-state index in [0.717, 1.165) is 0 Å². The number of amides is 2. The third kappa shape index (κ3) is 2.48. The van der Waals surface area contributed by atoms with Crippen molar-refractivity contribution in [2.24, 2.45) is 5.92 Å². The highest BCUT2D eigenvalue weighted by atomic mass is 16.6. The molecule has 0 aromatic heterocycles. The normalized spacial score (nSPS) is 32.9. The molecule has 0 spiro atoms. The van der Waals surface area contributed by atoms with Crippen LogP contribution in [0.2, 0.25) is 0 Å². The minimum absolute atomic E-state index is 0.0694. The second-order valence-corrected chi connectivity index (χ2v) is 5.06. The second-order valence-electron chi connectivity index (χ2n) is 5.06. The zero-order chi connectivity index (χ0) is 14.9. The Morgan fingerprint density at radius 3 is 2.75 bits per heavy atom. The van der Waals surface area contributed by atoms with Crippen LogP contribution in [0.15, 0.2) is 12.2 Å². The van der Waals surface area contributed by atoms with Gasteiger partial charge in [-0.25, -0.2) is 9.59 Å². The summed E-state index contributed by atoms with van der Waals surface area (Å²) in [5.74, 6) is -1.39. The number of carboxylic acids is 1. The molecule has 2 rings (SSSR count). The number of allylic oxidation sites excluding steroid dienone is 1. The maximum absolute atomic E-state index is 11.9. The zero-order valence-corrected chi connectivity index (χ0v) is 11.4. The van der Waals surface area contributed by atoms with Crippen molar-refractivity contribution in [1.29, 1.82) is 0 Å². The molecule has 0 radical (unpaired) electrons. The Bertz CT molecular complexity index is 462. The Kier molecular flexibility index (Phi) is 3.96. The van der Waals surface area contributed by atoms with E-state index in [-0.39, 0.29) is 24.5 Å². The Labute approximate surface area is 116 Å². The highest BCUT2D eigenvalue weighted by Gasteiger charge is 2.52. The smallest absolute Gasteiger partial charge is 0.410 e. The lowest BCUT2D eigenvalue weighted by atomic mass is 9.92. The summed E-state index contributed by atoms with van der Waals surface area (Å²) in [7, 11) is 0. The monoisotopic (exact) mass is 282 g/mol. The largest absolute Gasteiger partial charge is 0.480 e. The lowest BCUT2D eigenvalue weighted by Crippen LogP contribution is -2.61. The molecule has 20 heavy (non-hydrogen) atoms. The number of carboxylic acid groups (broad SMARTS) is 1. The highest BCUT2D eigenvalue weighted by molar-refractivity contribution is 5.82. The summed E-state index contributed by atoms with van der Waals surface area (Å²) in [5, 5.41) is 12.0. The van der Waals surface area contributed by atoms with Crippen molar-refractivity contribution in [1.82, 2.24) is 10.2 Å². The molecule has 2 fully saturated rings. The number of carbonyl (C=O) groups is 3. The van der Waals surface area contributed by atoms with Gasteiger partial charge in [0, 0.05) is 12.8 Å². The van der Waals surface area contributed by atoms with Crippen molar-refractivity contribution in [3.8, 4) is 0 Å². The van der Waals surface area contributed by atoms with Crippen molar-refractivity contribution < 1.29 is 24.2 Å². The number of cyclic esters (lactones) is 1. The van der Waals surface area contributed by atoms with E-state index in [4.69, 9.17) is 4.74 Å². The van der Waals surface area contributed by atoms with Gasteiger partial charge in [-0.15, -0.1) is 0 Å². The van der Waals surface area contributed by atoms with E-state index in [9.17, 15) is 19.5 Å². The van der Waals surface area contributed by atoms with Gasteiger partial charge in [0.25, 0.3) is 0 Å². The van der Waals surface area contributed by atoms with Gasteiger partial charge in [-0.3, -0.25) is 9.69 Å². The molecular weight excluding hydrogens is 264 g/mol. The van der Waals surface area contributed by atoms with E-state index in [2.05, 4.69) is 5.32 Å². The van der Waals surface area contributed by atoms with Crippen molar-refractivity contribution in [2.45, 2.75) is 38.4 Å². The first-order chi connectivity index (χ1) is 9.45. The first kappa shape index (κ1) is 14.4. The minimum Gasteiger partial charge on any atom is -0.480 e. The summed E-state index contributed by atoms with van der Waals surface area (Å²) in [4.78, 5) is 35.7. The van der Waals surface area contributed by atoms with Gasteiger partial charge in [0.05, 0.1) is 12.1 Å². The molecule has 0 bridgehead atoms. The number of carbonyl (C=O) groups excluding carboxylic acids is 2. The number of ether oxygens (including phenoxy) is 1. The number of rotatable bonds is 3. The van der Waals surface area contributed by atoms with Crippen molar-refractivity contribution in [3.63, 3.8) is 0 Å². The van der Waals surface area contributed by atoms with Crippen LogP contribution < -0.4 is 5.32 Å². The molecule has 7 heteroatoms. The van der Waals surface area contributed by atoms with Gasteiger partial charge in [0.1, 0.15) is 12.6 Å². The van der Waals surface area contributed by atoms with Crippen LogP contribution in [0.1, 0.15) is 20.3 Å². The average molecular weight is 282 g/mol. The number of nitrogens with zero attached hydrogens (tertiary/aromatic N) is 1. The molecule has 110 valence electrons.